The van der Waals surface area contributed by atoms with Gasteiger partial charge in [0.1, 0.15) is 0 Å². The van der Waals surface area contributed by atoms with E-state index >= 15 is 0 Å². The summed E-state index contributed by atoms with van der Waals surface area (Å²) in [6.45, 7) is 2.71. The van der Waals surface area contributed by atoms with Gasteiger partial charge in [-0.3, -0.25) is 4.79 Å². The van der Waals surface area contributed by atoms with E-state index < -0.39 is 0 Å². The van der Waals surface area contributed by atoms with Crippen LogP contribution in [0.3, 0.4) is 0 Å². The van der Waals surface area contributed by atoms with Crippen LogP contribution < -0.4 is 11.1 Å². The zero-order valence-electron chi connectivity index (χ0n) is 12.4. The van der Waals surface area contributed by atoms with Crippen LogP contribution in [0.15, 0.2) is 24.3 Å². The largest absolute Gasteiger partial charge is 0.349 e. The lowest BCUT2D eigenvalue weighted by molar-refractivity contribution is 0.0918. The van der Waals surface area contributed by atoms with Gasteiger partial charge in [0.05, 0.1) is 0 Å². The summed E-state index contributed by atoms with van der Waals surface area (Å²) in [4.78, 5) is 12.4. The molecule has 0 saturated heterocycles. The SMILES string of the molecule is CC(NC(=O)c1ccccc1CCN)C1CCCCC1. The number of nitrogens with two attached hydrogens (primary N) is 1. The monoisotopic (exact) mass is 274 g/mol. The van der Waals surface area contributed by atoms with Gasteiger partial charge in [-0.2, -0.15) is 0 Å². The molecule has 1 aliphatic carbocycles. The van der Waals surface area contributed by atoms with Crippen LogP contribution in [0.4, 0.5) is 0 Å². The van der Waals surface area contributed by atoms with Crippen molar-refractivity contribution in [3.8, 4) is 0 Å². The number of hydrogen-bond acceptors (Lipinski definition) is 2. The Balaban J connectivity index is 2.00. The molecule has 3 nitrogen and oxygen atoms in total. The number of rotatable bonds is 5. The first-order chi connectivity index (χ1) is 9.72. The van der Waals surface area contributed by atoms with Crippen molar-refractivity contribution >= 4 is 5.91 Å². The molecule has 1 fully saturated rings. The lowest BCUT2D eigenvalue weighted by atomic mass is 9.84. The van der Waals surface area contributed by atoms with E-state index in [0.29, 0.717) is 12.5 Å². The number of carbonyl (C=O) groups excluding carboxylic acids is 1. The Hall–Kier alpha value is -1.35. The van der Waals surface area contributed by atoms with Gasteiger partial charge in [-0.1, -0.05) is 37.5 Å². The van der Waals surface area contributed by atoms with E-state index in [1.165, 1.54) is 32.1 Å². The molecule has 0 aromatic heterocycles. The summed E-state index contributed by atoms with van der Waals surface area (Å²) in [7, 11) is 0. The van der Waals surface area contributed by atoms with Crippen molar-refractivity contribution in [3.63, 3.8) is 0 Å². The van der Waals surface area contributed by atoms with Gasteiger partial charge in [-0.25, -0.2) is 0 Å². The van der Waals surface area contributed by atoms with Crippen LogP contribution in [0.25, 0.3) is 0 Å². The average Bonchev–Trinajstić information content (AvgIpc) is 2.49. The lowest BCUT2D eigenvalue weighted by Crippen LogP contribution is -2.39. The maximum absolute atomic E-state index is 12.4. The number of benzene rings is 1. The first kappa shape index (κ1) is 15.0. The highest BCUT2D eigenvalue weighted by Gasteiger charge is 2.22. The van der Waals surface area contributed by atoms with Gasteiger partial charge in [0.2, 0.25) is 0 Å². The molecule has 0 radical (unpaired) electrons. The van der Waals surface area contributed by atoms with Crippen LogP contribution >= 0.6 is 0 Å². The van der Waals surface area contributed by atoms with Gasteiger partial charge in [-0.05, 0) is 50.3 Å². The highest BCUT2D eigenvalue weighted by Crippen LogP contribution is 2.26. The van der Waals surface area contributed by atoms with Gasteiger partial charge >= 0.3 is 0 Å². The molecule has 1 aromatic carbocycles. The minimum atomic E-state index is 0.0483. The Morgan fingerprint density at radius 2 is 2.00 bits per heavy atom. The van der Waals surface area contributed by atoms with Gasteiger partial charge in [0, 0.05) is 11.6 Å². The molecule has 2 rings (SSSR count). The van der Waals surface area contributed by atoms with Gasteiger partial charge < -0.3 is 11.1 Å². The van der Waals surface area contributed by atoms with E-state index in [-0.39, 0.29) is 11.9 Å². The molecule has 110 valence electrons. The first-order valence-corrected chi connectivity index (χ1v) is 7.81. The molecule has 1 saturated carbocycles. The Morgan fingerprint density at radius 1 is 1.30 bits per heavy atom. The molecular weight excluding hydrogens is 248 g/mol. The van der Waals surface area contributed by atoms with Crippen molar-refractivity contribution in [3.05, 3.63) is 35.4 Å². The number of carbonyl (C=O) groups is 1. The molecule has 0 heterocycles. The van der Waals surface area contributed by atoms with Crippen LogP contribution in [-0.2, 0) is 6.42 Å². The Bertz CT molecular complexity index is 438. The second-order valence-electron chi connectivity index (χ2n) is 5.86. The summed E-state index contributed by atoms with van der Waals surface area (Å²) in [6.07, 6.45) is 7.18. The molecule has 0 spiro atoms. The van der Waals surface area contributed by atoms with E-state index in [1.54, 1.807) is 0 Å². The van der Waals surface area contributed by atoms with Gasteiger partial charge in [0.25, 0.3) is 5.91 Å². The van der Waals surface area contributed by atoms with Crippen molar-refractivity contribution in [2.24, 2.45) is 11.7 Å². The normalized spacial score (nSPS) is 17.7. The van der Waals surface area contributed by atoms with E-state index in [1.807, 2.05) is 24.3 Å². The minimum Gasteiger partial charge on any atom is -0.349 e. The first-order valence-electron chi connectivity index (χ1n) is 7.81. The number of hydrogen-bond donors (Lipinski definition) is 2. The molecule has 1 aromatic rings. The van der Waals surface area contributed by atoms with Crippen molar-refractivity contribution < 1.29 is 4.79 Å². The van der Waals surface area contributed by atoms with Crippen LogP contribution in [0.2, 0.25) is 0 Å². The molecule has 0 bridgehead atoms. The zero-order valence-corrected chi connectivity index (χ0v) is 12.4. The molecule has 1 aliphatic rings. The zero-order chi connectivity index (χ0) is 14.4. The summed E-state index contributed by atoms with van der Waals surface area (Å²) in [6, 6.07) is 8.03. The summed E-state index contributed by atoms with van der Waals surface area (Å²) in [5.74, 6) is 0.682. The fraction of sp³-hybridized carbons (Fsp3) is 0.588. The third kappa shape index (κ3) is 3.83. The van der Waals surface area contributed by atoms with Crippen LogP contribution in [-0.4, -0.2) is 18.5 Å². The average molecular weight is 274 g/mol. The predicted octanol–water partition coefficient (Wildman–Crippen LogP) is 2.89. The predicted molar refractivity (Wildman–Crippen MR) is 82.7 cm³/mol. The highest BCUT2D eigenvalue weighted by molar-refractivity contribution is 5.95. The van der Waals surface area contributed by atoms with Crippen molar-refractivity contribution in [2.75, 3.05) is 6.54 Å². The fourth-order valence-corrected chi connectivity index (χ4v) is 3.15. The van der Waals surface area contributed by atoms with Crippen molar-refractivity contribution in [1.29, 1.82) is 0 Å². The number of nitrogens with one attached hydrogen (secondary N) is 1. The Morgan fingerprint density at radius 3 is 2.70 bits per heavy atom. The summed E-state index contributed by atoms with van der Waals surface area (Å²) in [5, 5.41) is 3.18. The van der Waals surface area contributed by atoms with Gasteiger partial charge in [-0.15, -0.1) is 0 Å². The van der Waals surface area contributed by atoms with E-state index in [2.05, 4.69) is 12.2 Å². The maximum Gasteiger partial charge on any atom is 0.251 e. The van der Waals surface area contributed by atoms with E-state index in [0.717, 1.165) is 17.5 Å². The standard InChI is InChI=1S/C17H26N2O/c1-13(14-7-3-2-4-8-14)19-17(20)16-10-6-5-9-15(16)11-12-18/h5-6,9-10,13-14H,2-4,7-8,11-12,18H2,1H3,(H,19,20). The Kier molecular flexibility index (Phi) is 5.60. The van der Waals surface area contributed by atoms with Crippen LogP contribution in [0.1, 0.15) is 54.9 Å². The second-order valence-corrected chi connectivity index (χ2v) is 5.86. The molecule has 1 amide bonds. The molecule has 20 heavy (non-hydrogen) atoms. The van der Waals surface area contributed by atoms with E-state index in [9.17, 15) is 4.79 Å². The summed E-state index contributed by atoms with van der Waals surface area (Å²) < 4.78 is 0. The lowest BCUT2D eigenvalue weighted by Gasteiger charge is -2.28. The Labute approximate surface area is 121 Å². The maximum atomic E-state index is 12.4. The van der Waals surface area contributed by atoms with Crippen LogP contribution in [0.5, 0.6) is 0 Å². The molecule has 1 atom stereocenters. The quantitative estimate of drug-likeness (QED) is 0.867. The minimum absolute atomic E-state index is 0.0483. The molecular formula is C17H26N2O. The molecule has 3 N–H and O–H groups in total. The fourth-order valence-electron chi connectivity index (χ4n) is 3.15. The van der Waals surface area contributed by atoms with Crippen molar-refractivity contribution in [1.82, 2.24) is 5.32 Å². The van der Waals surface area contributed by atoms with Crippen molar-refractivity contribution in [2.45, 2.75) is 51.5 Å². The third-order valence-electron chi connectivity index (χ3n) is 4.39. The summed E-state index contributed by atoms with van der Waals surface area (Å²) in [5.41, 5.74) is 7.44. The topological polar surface area (TPSA) is 55.1 Å². The second kappa shape index (κ2) is 7.44. The van der Waals surface area contributed by atoms with Crippen LogP contribution in [0, 0.1) is 5.92 Å². The molecule has 0 aliphatic heterocycles. The smallest absolute Gasteiger partial charge is 0.251 e. The summed E-state index contributed by atoms with van der Waals surface area (Å²) >= 11 is 0. The number of amides is 1. The highest BCUT2D eigenvalue weighted by atomic mass is 16.1. The molecule has 3 heteroatoms. The van der Waals surface area contributed by atoms with Gasteiger partial charge in [0.15, 0.2) is 0 Å². The molecule has 1 unspecified atom stereocenters. The third-order valence-corrected chi connectivity index (χ3v) is 4.39. The van der Waals surface area contributed by atoms with E-state index in [4.69, 9.17) is 5.73 Å².